The van der Waals surface area contributed by atoms with Crippen LogP contribution in [0.25, 0.3) is 6.08 Å². The Morgan fingerprint density at radius 2 is 2.00 bits per heavy atom. The molecule has 0 aliphatic carbocycles. The molecule has 3 rings (SSSR count). The van der Waals surface area contributed by atoms with Gasteiger partial charge < -0.3 is 4.90 Å². The predicted octanol–water partition coefficient (Wildman–Crippen LogP) is 2.65. The minimum absolute atomic E-state index is 0.151. The summed E-state index contributed by atoms with van der Waals surface area (Å²) in [6, 6.07) is 7.71. The zero-order valence-electron chi connectivity index (χ0n) is 12.9. The van der Waals surface area contributed by atoms with E-state index in [9.17, 15) is 14.4 Å². The molecule has 23 heavy (non-hydrogen) atoms. The number of carbonyl (C=O) groups excluding carboxylic acids is 3. The molecule has 1 aromatic rings. The van der Waals surface area contributed by atoms with Crippen molar-refractivity contribution in [1.82, 2.24) is 9.80 Å². The third-order valence-electron chi connectivity index (χ3n) is 3.97. The Kier molecular flexibility index (Phi) is 4.52. The molecule has 0 spiro atoms. The van der Waals surface area contributed by atoms with Gasteiger partial charge in [0.2, 0.25) is 5.91 Å². The predicted molar refractivity (Wildman–Crippen MR) is 89.7 cm³/mol. The average Bonchev–Trinajstić information content (AvgIpc) is 3.12. The standard InChI is InChI=1S/C17H18N2O3S/c1-12-5-4-6-13(9-12)10-14-16(21)19(17(22)23-14)11-15(20)18-7-2-3-8-18/h4-6,9-10H,2-3,7-8,11H2,1H3/b14-10+. The number of carbonyl (C=O) groups is 3. The van der Waals surface area contributed by atoms with E-state index in [0.717, 1.165) is 40.6 Å². The van der Waals surface area contributed by atoms with E-state index in [1.165, 1.54) is 0 Å². The van der Waals surface area contributed by atoms with E-state index >= 15 is 0 Å². The number of hydrogen-bond acceptors (Lipinski definition) is 4. The van der Waals surface area contributed by atoms with Crippen molar-refractivity contribution in [3.8, 4) is 0 Å². The number of rotatable bonds is 3. The monoisotopic (exact) mass is 330 g/mol. The van der Waals surface area contributed by atoms with E-state index in [1.807, 2.05) is 31.2 Å². The number of amides is 3. The number of hydrogen-bond donors (Lipinski definition) is 0. The van der Waals surface area contributed by atoms with Gasteiger partial charge in [-0.25, -0.2) is 0 Å². The van der Waals surface area contributed by atoms with Gasteiger partial charge in [0, 0.05) is 13.1 Å². The Bertz CT molecular complexity index is 693. The average molecular weight is 330 g/mol. The summed E-state index contributed by atoms with van der Waals surface area (Å²) in [5.41, 5.74) is 1.96. The highest BCUT2D eigenvalue weighted by Gasteiger charge is 2.37. The van der Waals surface area contributed by atoms with E-state index in [1.54, 1.807) is 11.0 Å². The van der Waals surface area contributed by atoms with Gasteiger partial charge in [0.05, 0.1) is 4.91 Å². The summed E-state index contributed by atoms with van der Waals surface area (Å²) < 4.78 is 0. The maximum absolute atomic E-state index is 12.4. The van der Waals surface area contributed by atoms with Gasteiger partial charge in [-0.15, -0.1) is 0 Å². The van der Waals surface area contributed by atoms with Crippen LogP contribution in [-0.4, -0.2) is 46.5 Å². The summed E-state index contributed by atoms with van der Waals surface area (Å²) in [4.78, 5) is 39.7. The fraction of sp³-hybridized carbons (Fsp3) is 0.353. The first kappa shape index (κ1) is 15.8. The summed E-state index contributed by atoms with van der Waals surface area (Å²) in [6.45, 7) is 3.25. The highest BCUT2D eigenvalue weighted by Crippen LogP contribution is 2.32. The first-order valence-corrected chi connectivity index (χ1v) is 8.46. The number of aryl methyl sites for hydroxylation is 1. The zero-order valence-corrected chi connectivity index (χ0v) is 13.8. The third-order valence-corrected chi connectivity index (χ3v) is 4.87. The summed E-state index contributed by atoms with van der Waals surface area (Å²) in [5.74, 6) is -0.532. The normalized spacial score (nSPS) is 20.0. The van der Waals surface area contributed by atoms with E-state index in [2.05, 4.69) is 0 Å². The molecular formula is C17H18N2O3S. The van der Waals surface area contributed by atoms with Crippen molar-refractivity contribution < 1.29 is 14.4 Å². The Balaban J connectivity index is 1.73. The van der Waals surface area contributed by atoms with Crippen LogP contribution < -0.4 is 0 Å². The van der Waals surface area contributed by atoms with Gasteiger partial charge in [0.15, 0.2) is 0 Å². The van der Waals surface area contributed by atoms with Crippen LogP contribution in [0.4, 0.5) is 4.79 Å². The molecule has 2 aliphatic heterocycles. The van der Waals surface area contributed by atoms with Gasteiger partial charge in [-0.05, 0) is 43.2 Å². The molecule has 120 valence electrons. The Labute approximate surface area is 139 Å². The summed E-state index contributed by atoms with van der Waals surface area (Å²) in [7, 11) is 0. The van der Waals surface area contributed by atoms with Crippen molar-refractivity contribution in [2.24, 2.45) is 0 Å². The van der Waals surface area contributed by atoms with Crippen molar-refractivity contribution in [3.05, 3.63) is 40.3 Å². The molecule has 0 N–H and O–H groups in total. The van der Waals surface area contributed by atoms with Crippen LogP contribution in [0.1, 0.15) is 24.0 Å². The quantitative estimate of drug-likeness (QED) is 0.800. The summed E-state index contributed by atoms with van der Waals surface area (Å²) in [6.07, 6.45) is 3.68. The second-order valence-electron chi connectivity index (χ2n) is 5.77. The highest BCUT2D eigenvalue weighted by molar-refractivity contribution is 8.18. The number of thioether (sulfide) groups is 1. The van der Waals surface area contributed by atoms with Crippen LogP contribution in [0.3, 0.4) is 0 Å². The van der Waals surface area contributed by atoms with E-state index in [4.69, 9.17) is 0 Å². The Morgan fingerprint density at radius 3 is 2.70 bits per heavy atom. The van der Waals surface area contributed by atoms with Gasteiger partial charge in [-0.3, -0.25) is 19.3 Å². The fourth-order valence-electron chi connectivity index (χ4n) is 2.75. The summed E-state index contributed by atoms with van der Waals surface area (Å²) >= 11 is 0.895. The zero-order chi connectivity index (χ0) is 16.4. The van der Waals surface area contributed by atoms with Crippen LogP contribution in [0, 0.1) is 6.92 Å². The van der Waals surface area contributed by atoms with Gasteiger partial charge in [0.25, 0.3) is 11.1 Å². The Hall–Kier alpha value is -2.08. The smallest absolute Gasteiger partial charge is 0.294 e. The van der Waals surface area contributed by atoms with Crippen molar-refractivity contribution >= 4 is 34.9 Å². The molecular weight excluding hydrogens is 312 g/mol. The maximum atomic E-state index is 12.4. The maximum Gasteiger partial charge on any atom is 0.294 e. The lowest BCUT2D eigenvalue weighted by atomic mass is 10.1. The number of nitrogens with zero attached hydrogens (tertiary/aromatic N) is 2. The SMILES string of the molecule is Cc1cccc(/C=C2/SC(=O)N(CC(=O)N3CCCC3)C2=O)c1. The second-order valence-corrected chi connectivity index (χ2v) is 6.76. The van der Waals surface area contributed by atoms with Gasteiger partial charge in [0.1, 0.15) is 6.54 Å². The molecule has 0 radical (unpaired) electrons. The van der Waals surface area contributed by atoms with Gasteiger partial charge >= 0.3 is 0 Å². The minimum atomic E-state index is -0.381. The molecule has 2 fully saturated rings. The molecule has 0 bridgehead atoms. The van der Waals surface area contributed by atoms with Crippen LogP contribution in [-0.2, 0) is 9.59 Å². The number of likely N-dealkylation sites (tertiary alicyclic amines) is 1. The molecule has 6 heteroatoms. The molecule has 2 saturated heterocycles. The van der Waals surface area contributed by atoms with E-state index in [-0.39, 0.29) is 23.6 Å². The third kappa shape index (κ3) is 3.47. The molecule has 0 saturated carbocycles. The Morgan fingerprint density at radius 1 is 1.26 bits per heavy atom. The molecule has 3 amide bonds. The van der Waals surface area contributed by atoms with E-state index < -0.39 is 0 Å². The molecule has 1 aromatic carbocycles. The second kappa shape index (κ2) is 6.58. The van der Waals surface area contributed by atoms with Gasteiger partial charge in [-0.2, -0.15) is 0 Å². The van der Waals surface area contributed by atoms with Gasteiger partial charge in [-0.1, -0.05) is 29.8 Å². The lowest BCUT2D eigenvalue weighted by Crippen LogP contribution is -2.40. The molecule has 2 aliphatic rings. The molecule has 2 heterocycles. The summed E-state index contributed by atoms with van der Waals surface area (Å²) in [5, 5.41) is -0.374. The molecule has 0 unspecified atom stereocenters. The molecule has 5 nitrogen and oxygen atoms in total. The lowest BCUT2D eigenvalue weighted by Gasteiger charge is -2.18. The highest BCUT2D eigenvalue weighted by atomic mass is 32.2. The van der Waals surface area contributed by atoms with Crippen LogP contribution >= 0.6 is 11.8 Å². The number of benzene rings is 1. The van der Waals surface area contributed by atoms with Crippen molar-refractivity contribution in [3.63, 3.8) is 0 Å². The van der Waals surface area contributed by atoms with Crippen molar-refractivity contribution in [2.45, 2.75) is 19.8 Å². The first-order chi connectivity index (χ1) is 11.0. The molecule has 0 aromatic heterocycles. The van der Waals surface area contributed by atoms with Crippen LogP contribution in [0.15, 0.2) is 29.2 Å². The van der Waals surface area contributed by atoms with Crippen molar-refractivity contribution in [1.29, 1.82) is 0 Å². The fourth-order valence-corrected chi connectivity index (χ4v) is 3.59. The lowest BCUT2D eigenvalue weighted by molar-refractivity contribution is -0.135. The molecule has 0 atom stereocenters. The van der Waals surface area contributed by atoms with Crippen molar-refractivity contribution in [2.75, 3.05) is 19.6 Å². The largest absolute Gasteiger partial charge is 0.341 e. The van der Waals surface area contributed by atoms with Crippen LogP contribution in [0.5, 0.6) is 0 Å². The first-order valence-electron chi connectivity index (χ1n) is 7.64. The number of imide groups is 1. The topological polar surface area (TPSA) is 57.7 Å². The van der Waals surface area contributed by atoms with E-state index in [0.29, 0.717) is 18.0 Å². The minimum Gasteiger partial charge on any atom is -0.341 e. The van der Waals surface area contributed by atoms with Crippen LogP contribution in [0.2, 0.25) is 0 Å².